The standard InChI is InChI=1S/C16H22FN3S/c1-3-18-15(8-13-10-19-20(4-2)11-13)12-21-16-7-5-6-14(17)9-16/h5-7,9-11,15,18H,3-4,8,12H2,1-2H3. The minimum Gasteiger partial charge on any atom is -0.313 e. The van der Waals surface area contributed by atoms with E-state index in [4.69, 9.17) is 0 Å². The molecule has 2 rings (SSSR count). The van der Waals surface area contributed by atoms with Crippen molar-refractivity contribution in [3.63, 3.8) is 0 Å². The van der Waals surface area contributed by atoms with Crippen LogP contribution in [0.2, 0.25) is 0 Å². The van der Waals surface area contributed by atoms with Crippen LogP contribution in [0.1, 0.15) is 19.4 Å². The third kappa shape index (κ3) is 5.17. The van der Waals surface area contributed by atoms with Crippen molar-refractivity contribution in [1.29, 1.82) is 0 Å². The van der Waals surface area contributed by atoms with Gasteiger partial charge >= 0.3 is 0 Å². The Morgan fingerprint density at radius 1 is 1.38 bits per heavy atom. The van der Waals surface area contributed by atoms with Crippen molar-refractivity contribution in [1.82, 2.24) is 15.1 Å². The van der Waals surface area contributed by atoms with Crippen molar-refractivity contribution in [3.05, 3.63) is 48.0 Å². The van der Waals surface area contributed by atoms with Gasteiger partial charge in [0.05, 0.1) is 6.20 Å². The molecule has 0 bridgehead atoms. The second-order valence-corrected chi connectivity index (χ2v) is 6.02. The van der Waals surface area contributed by atoms with Crippen LogP contribution in [-0.2, 0) is 13.0 Å². The van der Waals surface area contributed by atoms with Gasteiger partial charge in [-0.3, -0.25) is 4.68 Å². The summed E-state index contributed by atoms with van der Waals surface area (Å²) in [4.78, 5) is 0.974. The van der Waals surface area contributed by atoms with E-state index in [-0.39, 0.29) is 5.82 Å². The van der Waals surface area contributed by atoms with Crippen molar-refractivity contribution in [2.24, 2.45) is 0 Å². The lowest BCUT2D eigenvalue weighted by molar-refractivity contribution is 0.571. The molecule has 0 fully saturated rings. The first-order valence-corrected chi connectivity index (χ1v) is 8.33. The van der Waals surface area contributed by atoms with Crippen molar-refractivity contribution in [3.8, 4) is 0 Å². The molecule has 1 atom stereocenters. The average Bonchev–Trinajstić information content (AvgIpc) is 2.93. The third-order valence-electron chi connectivity index (χ3n) is 3.23. The molecule has 2 aromatic rings. The van der Waals surface area contributed by atoms with Crippen LogP contribution in [0.25, 0.3) is 0 Å². The second kappa shape index (κ2) is 8.20. The number of hydrogen-bond donors (Lipinski definition) is 1. The summed E-state index contributed by atoms with van der Waals surface area (Å²) in [7, 11) is 0. The molecule has 0 aliphatic heterocycles. The molecule has 1 aromatic carbocycles. The Hall–Kier alpha value is -1.33. The van der Waals surface area contributed by atoms with Gasteiger partial charge in [0.1, 0.15) is 5.82 Å². The molecule has 0 radical (unpaired) electrons. The molecule has 114 valence electrons. The van der Waals surface area contributed by atoms with Crippen LogP contribution in [0.4, 0.5) is 4.39 Å². The number of likely N-dealkylation sites (N-methyl/N-ethyl adjacent to an activating group) is 1. The van der Waals surface area contributed by atoms with E-state index in [1.807, 2.05) is 16.9 Å². The summed E-state index contributed by atoms with van der Waals surface area (Å²) in [5, 5.41) is 7.80. The number of halogens is 1. The van der Waals surface area contributed by atoms with Crippen molar-refractivity contribution in [2.45, 2.75) is 37.8 Å². The number of rotatable bonds is 8. The Labute approximate surface area is 129 Å². The molecule has 1 unspecified atom stereocenters. The summed E-state index contributed by atoms with van der Waals surface area (Å²) < 4.78 is 15.1. The Balaban J connectivity index is 1.92. The number of hydrogen-bond acceptors (Lipinski definition) is 3. The molecule has 0 saturated heterocycles. The van der Waals surface area contributed by atoms with Crippen LogP contribution in [0.3, 0.4) is 0 Å². The van der Waals surface area contributed by atoms with E-state index < -0.39 is 0 Å². The zero-order valence-corrected chi connectivity index (χ0v) is 13.4. The molecule has 0 aliphatic rings. The lowest BCUT2D eigenvalue weighted by atomic mass is 10.1. The van der Waals surface area contributed by atoms with Gasteiger partial charge in [-0.2, -0.15) is 5.10 Å². The van der Waals surface area contributed by atoms with E-state index in [0.717, 1.165) is 30.2 Å². The molecule has 0 amide bonds. The highest BCUT2D eigenvalue weighted by Gasteiger charge is 2.11. The second-order valence-electron chi connectivity index (χ2n) is 4.93. The van der Waals surface area contributed by atoms with Gasteiger partial charge in [0.2, 0.25) is 0 Å². The minimum atomic E-state index is -0.177. The fourth-order valence-electron chi connectivity index (χ4n) is 2.20. The van der Waals surface area contributed by atoms with Crippen LogP contribution in [0, 0.1) is 5.82 Å². The van der Waals surface area contributed by atoms with Crippen LogP contribution >= 0.6 is 11.8 Å². The fraction of sp³-hybridized carbons (Fsp3) is 0.438. The first-order valence-electron chi connectivity index (χ1n) is 7.34. The molecule has 5 heteroatoms. The Kier molecular flexibility index (Phi) is 6.26. The molecule has 3 nitrogen and oxygen atoms in total. The number of aromatic nitrogens is 2. The zero-order valence-electron chi connectivity index (χ0n) is 12.6. The fourth-order valence-corrected chi connectivity index (χ4v) is 3.20. The van der Waals surface area contributed by atoms with Gasteiger partial charge < -0.3 is 5.32 Å². The zero-order chi connectivity index (χ0) is 15.1. The SMILES string of the molecule is CCNC(CSc1cccc(F)c1)Cc1cnn(CC)c1. The van der Waals surface area contributed by atoms with E-state index in [2.05, 4.69) is 30.5 Å². The molecule has 1 aromatic heterocycles. The Morgan fingerprint density at radius 3 is 2.90 bits per heavy atom. The molecular weight excluding hydrogens is 285 g/mol. The van der Waals surface area contributed by atoms with E-state index >= 15 is 0 Å². The molecular formula is C16H22FN3S. The predicted molar refractivity (Wildman–Crippen MR) is 86.2 cm³/mol. The number of nitrogens with zero attached hydrogens (tertiary/aromatic N) is 2. The maximum absolute atomic E-state index is 13.2. The number of aryl methyl sites for hydroxylation is 1. The van der Waals surface area contributed by atoms with Crippen LogP contribution in [-0.4, -0.2) is 28.1 Å². The Bertz CT molecular complexity index is 556. The summed E-state index contributed by atoms with van der Waals surface area (Å²) >= 11 is 1.68. The number of thioether (sulfide) groups is 1. The molecule has 1 N–H and O–H groups in total. The molecule has 0 spiro atoms. The van der Waals surface area contributed by atoms with E-state index in [1.165, 1.54) is 11.6 Å². The number of benzene rings is 1. The van der Waals surface area contributed by atoms with Crippen LogP contribution < -0.4 is 5.32 Å². The highest BCUT2D eigenvalue weighted by atomic mass is 32.2. The molecule has 21 heavy (non-hydrogen) atoms. The normalized spacial score (nSPS) is 12.5. The summed E-state index contributed by atoms with van der Waals surface area (Å²) in [6.45, 7) is 6.01. The smallest absolute Gasteiger partial charge is 0.124 e. The molecule has 0 aliphatic carbocycles. The Morgan fingerprint density at radius 2 is 2.24 bits per heavy atom. The largest absolute Gasteiger partial charge is 0.313 e. The highest BCUT2D eigenvalue weighted by Crippen LogP contribution is 2.20. The highest BCUT2D eigenvalue weighted by molar-refractivity contribution is 7.99. The first kappa shape index (κ1) is 16.0. The first-order chi connectivity index (χ1) is 10.2. The monoisotopic (exact) mass is 307 g/mol. The maximum atomic E-state index is 13.2. The lowest BCUT2D eigenvalue weighted by Crippen LogP contribution is -2.33. The van der Waals surface area contributed by atoms with Crippen molar-refractivity contribution in [2.75, 3.05) is 12.3 Å². The van der Waals surface area contributed by atoms with Crippen molar-refractivity contribution >= 4 is 11.8 Å². The summed E-state index contributed by atoms with van der Waals surface area (Å²) in [5.74, 6) is 0.735. The minimum absolute atomic E-state index is 0.177. The van der Waals surface area contributed by atoms with Crippen LogP contribution in [0.5, 0.6) is 0 Å². The summed E-state index contributed by atoms with van der Waals surface area (Å²) in [5.41, 5.74) is 1.24. The molecule has 1 heterocycles. The topological polar surface area (TPSA) is 29.9 Å². The van der Waals surface area contributed by atoms with Gasteiger partial charge in [0, 0.05) is 29.4 Å². The van der Waals surface area contributed by atoms with Crippen molar-refractivity contribution < 1.29 is 4.39 Å². The van der Waals surface area contributed by atoms with Gasteiger partial charge in [-0.1, -0.05) is 13.0 Å². The quantitative estimate of drug-likeness (QED) is 0.759. The third-order valence-corrected chi connectivity index (χ3v) is 4.39. The number of nitrogens with one attached hydrogen (secondary N) is 1. The van der Waals surface area contributed by atoms with Gasteiger partial charge in [-0.25, -0.2) is 4.39 Å². The summed E-state index contributed by atoms with van der Waals surface area (Å²) in [6.07, 6.45) is 4.97. The lowest BCUT2D eigenvalue weighted by Gasteiger charge is -2.16. The van der Waals surface area contributed by atoms with E-state index in [1.54, 1.807) is 23.9 Å². The summed E-state index contributed by atoms with van der Waals surface area (Å²) in [6, 6.07) is 7.13. The van der Waals surface area contributed by atoms with Gasteiger partial charge in [0.15, 0.2) is 0 Å². The van der Waals surface area contributed by atoms with Gasteiger partial charge in [-0.05, 0) is 43.7 Å². The maximum Gasteiger partial charge on any atom is 0.124 e. The van der Waals surface area contributed by atoms with Crippen LogP contribution in [0.15, 0.2) is 41.6 Å². The van der Waals surface area contributed by atoms with E-state index in [0.29, 0.717) is 6.04 Å². The van der Waals surface area contributed by atoms with Gasteiger partial charge in [0.25, 0.3) is 0 Å². The molecule has 0 saturated carbocycles. The van der Waals surface area contributed by atoms with E-state index in [9.17, 15) is 4.39 Å². The average molecular weight is 307 g/mol. The predicted octanol–water partition coefficient (Wildman–Crippen LogP) is 3.36. The van der Waals surface area contributed by atoms with Gasteiger partial charge in [-0.15, -0.1) is 11.8 Å².